The Kier molecular flexibility index (Phi) is 4.80. The lowest BCUT2D eigenvalue weighted by Crippen LogP contribution is -2.31. The van der Waals surface area contributed by atoms with Crippen LogP contribution in [0.3, 0.4) is 0 Å². The fraction of sp³-hybridized carbons (Fsp3) is 0.533. The average molecular weight is 263 g/mol. The van der Waals surface area contributed by atoms with E-state index < -0.39 is 6.04 Å². The summed E-state index contributed by atoms with van der Waals surface area (Å²) < 4.78 is 10.5. The van der Waals surface area contributed by atoms with E-state index in [1.807, 2.05) is 24.3 Å². The number of nitrogens with one attached hydrogen (secondary N) is 1. The molecule has 1 fully saturated rings. The van der Waals surface area contributed by atoms with Crippen molar-refractivity contribution in [2.75, 3.05) is 13.7 Å². The summed E-state index contributed by atoms with van der Waals surface area (Å²) in [5.41, 5.74) is 0.896. The summed E-state index contributed by atoms with van der Waals surface area (Å²) in [6.07, 6.45) is 3.21. The lowest BCUT2D eigenvalue weighted by atomic mass is 10.1. The molecule has 0 amide bonds. The normalized spacial score (nSPS) is 15.9. The minimum Gasteiger partial charge on any atom is -0.494 e. The first-order valence-electron chi connectivity index (χ1n) is 6.81. The van der Waals surface area contributed by atoms with Crippen LogP contribution in [-0.2, 0) is 9.53 Å². The minimum absolute atomic E-state index is 0.250. The first kappa shape index (κ1) is 13.9. The van der Waals surface area contributed by atoms with Crippen LogP contribution in [0.5, 0.6) is 5.75 Å². The molecule has 0 spiro atoms. The van der Waals surface area contributed by atoms with E-state index in [1.54, 1.807) is 0 Å². The van der Waals surface area contributed by atoms with Crippen LogP contribution < -0.4 is 10.1 Å². The third-order valence-electron chi connectivity index (χ3n) is 3.08. The molecule has 1 aromatic rings. The first-order chi connectivity index (χ1) is 9.24. The summed E-state index contributed by atoms with van der Waals surface area (Å²) in [7, 11) is 1.42. The van der Waals surface area contributed by atoms with Crippen molar-refractivity contribution in [3.05, 3.63) is 29.8 Å². The fourth-order valence-corrected chi connectivity index (χ4v) is 1.91. The number of ether oxygens (including phenoxy) is 2. The van der Waals surface area contributed by atoms with Crippen molar-refractivity contribution >= 4 is 5.97 Å². The van der Waals surface area contributed by atoms with Gasteiger partial charge in [-0.05, 0) is 37.0 Å². The molecule has 4 nitrogen and oxygen atoms in total. The molecular formula is C15H21NO3. The van der Waals surface area contributed by atoms with E-state index >= 15 is 0 Å². The highest BCUT2D eigenvalue weighted by molar-refractivity contribution is 5.77. The van der Waals surface area contributed by atoms with Crippen molar-refractivity contribution in [3.8, 4) is 5.75 Å². The quantitative estimate of drug-likeness (QED) is 0.768. The molecule has 0 radical (unpaired) electrons. The second-order valence-corrected chi connectivity index (χ2v) is 4.82. The molecule has 1 N–H and O–H groups in total. The van der Waals surface area contributed by atoms with Crippen molar-refractivity contribution in [2.45, 2.75) is 38.3 Å². The van der Waals surface area contributed by atoms with Crippen LogP contribution in [-0.4, -0.2) is 25.7 Å². The van der Waals surface area contributed by atoms with Crippen molar-refractivity contribution in [1.29, 1.82) is 0 Å². The van der Waals surface area contributed by atoms with Gasteiger partial charge in [0.25, 0.3) is 0 Å². The zero-order valence-electron chi connectivity index (χ0n) is 11.5. The number of benzene rings is 1. The van der Waals surface area contributed by atoms with Crippen LogP contribution in [0, 0.1) is 0 Å². The van der Waals surface area contributed by atoms with Gasteiger partial charge in [-0.3, -0.25) is 5.32 Å². The maximum absolute atomic E-state index is 11.9. The van der Waals surface area contributed by atoms with Gasteiger partial charge >= 0.3 is 5.97 Å². The largest absolute Gasteiger partial charge is 0.494 e. The van der Waals surface area contributed by atoms with Crippen molar-refractivity contribution in [2.24, 2.45) is 0 Å². The van der Waals surface area contributed by atoms with E-state index in [1.165, 1.54) is 7.11 Å². The van der Waals surface area contributed by atoms with E-state index in [0.717, 1.165) is 30.6 Å². The Balaban J connectivity index is 2.12. The van der Waals surface area contributed by atoms with Crippen molar-refractivity contribution in [1.82, 2.24) is 5.32 Å². The van der Waals surface area contributed by atoms with Crippen LogP contribution in [0.2, 0.25) is 0 Å². The number of carbonyl (C=O) groups excluding carboxylic acids is 1. The Morgan fingerprint density at radius 3 is 2.89 bits per heavy atom. The molecule has 0 aromatic heterocycles. The van der Waals surface area contributed by atoms with E-state index in [9.17, 15) is 4.79 Å². The number of carbonyl (C=O) groups is 1. The molecule has 0 saturated heterocycles. The molecule has 1 unspecified atom stereocenters. The van der Waals surface area contributed by atoms with Crippen LogP contribution in [0.1, 0.15) is 37.8 Å². The predicted molar refractivity (Wildman–Crippen MR) is 73.1 cm³/mol. The summed E-state index contributed by atoms with van der Waals surface area (Å²) in [5.74, 6) is 0.547. The first-order valence-corrected chi connectivity index (χ1v) is 6.81. The summed E-state index contributed by atoms with van der Waals surface area (Å²) in [5, 5.41) is 3.31. The van der Waals surface area contributed by atoms with E-state index in [2.05, 4.69) is 12.2 Å². The average Bonchev–Trinajstić information content (AvgIpc) is 3.26. The molecule has 1 aliphatic rings. The lowest BCUT2D eigenvalue weighted by Gasteiger charge is -2.17. The molecule has 1 aromatic carbocycles. The van der Waals surface area contributed by atoms with Gasteiger partial charge in [0.05, 0.1) is 13.7 Å². The predicted octanol–water partition coefficient (Wildman–Crippen LogP) is 2.44. The summed E-state index contributed by atoms with van der Waals surface area (Å²) in [6.45, 7) is 2.75. The smallest absolute Gasteiger partial charge is 0.327 e. The van der Waals surface area contributed by atoms with Gasteiger partial charge in [-0.1, -0.05) is 19.1 Å². The molecule has 4 heteroatoms. The molecule has 0 aliphatic heterocycles. The van der Waals surface area contributed by atoms with Crippen molar-refractivity contribution in [3.63, 3.8) is 0 Å². The third-order valence-corrected chi connectivity index (χ3v) is 3.08. The Hall–Kier alpha value is -1.55. The molecule has 2 rings (SSSR count). The number of methoxy groups -OCH3 is 1. The van der Waals surface area contributed by atoms with Gasteiger partial charge in [-0.15, -0.1) is 0 Å². The maximum atomic E-state index is 11.9. The van der Waals surface area contributed by atoms with Gasteiger partial charge < -0.3 is 9.47 Å². The third kappa shape index (κ3) is 3.96. The molecule has 1 atom stereocenters. The van der Waals surface area contributed by atoms with Gasteiger partial charge in [0.2, 0.25) is 0 Å². The number of hydrogen-bond donors (Lipinski definition) is 1. The molecule has 104 valence electrons. The highest BCUT2D eigenvalue weighted by Crippen LogP contribution is 2.26. The van der Waals surface area contributed by atoms with Crippen LogP contribution >= 0.6 is 0 Å². The molecule has 0 heterocycles. The van der Waals surface area contributed by atoms with Gasteiger partial charge in [0.15, 0.2) is 0 Å². The summed E-state index contributed by atoms with van der Waals surface area (Å²) >= 11 is 0. The SMILES string of the molecule is CCCOc1cccc(C(NC2CC2)C(=O)OC)c1. The topological polar surface area (TPSA) is 47.6 Å². The Morgan fingerprint density at radius 1 is 1.47 bits per heavy atom. The van der Waals surface area contributed by atoms with E-state index in [0.29, 0.717) is 12.6 Å². The van der Waals surface area contributed by atoms with E-state index in [-0.39, 0.29) is 5.97 Å². The Bertz CT molecular complexity index is 429. The zero-order chi connectivity index (χ0) is 13.7. The molecule has 0 bridgehead atoms. The zero-order valence-corrected chi connectivity index (χ0v) is 11.5. The fourth-order valence-electron chi connectivity index (χ4n) is 1.91. The standard InChI is InChI=1S/C15H21NO3/c1-3-9-19-13-6-4-5-11(10-13)14(15(17)18-2)16-12-7-8-12/h4-6,10,12,14,16H,3,7-9H2,1-2H3. The summed E-state index contributed by atoms with van der Waals surface area (Å²) in [4.78, 5) is 11.9. The van der Waals surface area contributed by atoms with Gasteiger partial charge in [0.1, 0.15) is 11.8 Å². The number of rotatable bonds is 7. The number of esters is 1. The van der Waals surface area contributed by atoms with Gasteiger partial charge in [0, 0.05) is 6.04 Å². The van der Waals surface area contributed by atoms with Crippen LogP contribution in [0.15, 0.2) is 24.3 Å². The Morgan fingerprint density at radius 2 is 2.26 bits per heavy atom. The molecule has 1 aliphatic carbocycles. The maximum Gasteiger partial charge on any atom is 0.327 e. The molecule has 1 saturated carbocycles. The van der Waals surface area contributed by atoms with Crippen LogP contribution in [0.4, 0.5) is 0 Å². The molecule has 19 heavy (non-hydrogen) atoms. The second-order valence-electron chi connectivity index (χ2n) is 4.82. The van der Waals surface area contributed by atoms with Crippen LogP contribution in [0.25, 0.3) is 0 Å². The minimum atomic E-state index is -0.400. The molecular weight excluding hydrogens is 242 g/mol. The summed E-state index contributed by atoms with van der Waals surface area (Å²) in [6, 6.07) is 7.68. The van der Waals surface area contributed by atoms with Crippen molar-refractivity contribution < 1.29 is 14.3 Å². The van der Waals surface area contributed by atoms with Gasteiger partial charge in [-0.2, -0.15) is 0 Å². The van der Waals surface area contributed by atoms with Gasteiger partial charge in [-0.25, -0.2) is 4.79 Å². The highest BCUT2D eigenvalue weighted by Gasteiger charge is 2.30. The lowest BCUT2D eigenvalue weighted by molar-refractivity contribution is -0.143. The monoisotopic (exact) mass is 263 g/mol. The second kappa shape index (κ2) is 6.57. The Labute approximate surface area is 114 Å². The van der Waals surface area contributed by atoms with E-state index in [4.69, 9.17) is 9.47 Å². The number of hydrogen-bond acceptors (Lipinski definition) is 4. The highest BCUT2D eigenvalue weighted by atomic mass is 16.5.